The van der Waals surface area contributed by atoms with Crippen molar-refractivity contribution in [3.05, 3.63) is 36.5 Å². The molecule has 0 atom stereocenters. The van der Waals surface area contributed by atoms with Gasteiger partial charge in [-0.2, -0.15) is 0 Å². The van der Waals surface area contributed by atoms with E-state index in [1.807, 2.05) is 45.1 Å². The molecule has 0 spiro atoms. The van der Waals surface area contributed by atoms with E-state index in [0.29, 0.717) is 0 Å². The summed E-state index contributed by atoms with van der Waals surface area (Å²) >= 11 is 0. The van der Waals surface area contributed by atoms with Crippen LogP contribution in [0.4, 0.5) is 0 Å². The Kier molecular flexibility index (Phi) is 8.44. The summed E-state index contributed by atoms with van der Waals surface area (Å²) in [5.74, 6) is -0.0116. The Morgan fingerprint density at radius 1 is 1.20 bits per heavy atom. The van der Waals surface area contributed by atoms with E-state index in [2.05, 4.69) is 11.4 Å². The molecule has 0 aromatic rings. The molecule has 0 aromatic heterocycles. The van der Waals surface area contributed by atoms with Crippen LogP contribution in [0.25, 0.3) is 0 Å². The fourth-order valence-corrected chi connectivity index (χ4v) is 1.00. The quantitative estimate of drug-likeness (QED) is 0.405. The first-order chi connectivity index (χ1) is 7.16. The predicted octanol–water partition coefficient (Wildman–Crippen LogP) is 2.98. The van der Waals surface area contributed by atoms with Gasteiger partial charge in [0.25, 0.3) is 0 Å². The van der Waals surface area contributed by atoms with Gasteiger partial charge in [-0.3, -0.25) is 4.79 Å². The Morgan fingerprint density at radius 3 is 2.47 bits per heavy atom. The zero-order valence-corrected chi connectivity index (χ0v) is 9.86. The van der Waals surface area contributed by atoms with Crippen LogP contribution in [0.5, 0.6) is 0 Å². The molecule has 0 fully saturated rings. The van der Waals surface area contributed by atoms with Crippen LogP contribution in [0, 0.1) is 0 Å². The van der Waals surface area contributed by atoms with Crippen molar-refractivity contribution >= 4 is 5.91 Å². The lowest BCUT2D eigenvalue weighted by atomic mass is 10.2. The third kappa shape index (κ3) is 10.6. The molecule has 0 radical (unpaired) electrons. The van der Waals surface area contributed by atoms with Crippen LogP contribution in [-0.4, -0.2) is 11.9 Å². The third-order valence-electron chi connectivity index (χ3n) is 1.64. The van der Waals surface area contributed by atoms with Gasteiger partial charge in [-0.1, -0.05) is 30.4 Å². The first kappa shape index (κ1) is 13.7. The summed E-state index contributed by atoms with van der Waals surface area (Å²) in [4.78, 5) is 11.2. The normalized spacial score (nSPS) is 12.3. The number of rotatable bonds is 6. The van der Waals surface area contributed by atoms with Gasteiger partial charge < -0.3 is 5.32 Å². The number of carbonyl (C=O) groups excluding carboxylic acids is 1. The van der Waals surface area contributed by atoms with E-state index in [4.69, 9.17) is 0 Å². The minimum Gasteiger partial charge on any atom is -0.350 e. The highest BCUT2D eigenvalue weighted by Gasteiger charge is 1.95. The Hall–Kier alpha value is -1.31. The molecular formula is C13H21NO. The highest BCUT2D eigenvalue weighted by atomic mass is 16.1. The van der Waals surface area contributed by atoms with Crippen molar-refractivity contribution in [3.63, 3.8) is 0 Å². The van der Waals surface area contributed by atoms with E-state index in [1.54, 1.807) is 6.08 Å². The van der Waals surface area contributed by atoms with Crippen molar-refractivity contribution in [1.29, 1.82) is 0 Å². The van der Waals surface area contributed by atoms with E-state index in [9.17, 15) is 4.79 Å². The van der Waals surface area contributed by atoms with Crippen LogP contribution in [0.3, 0.4) is 0 Å². The molecule has 0 unspecified atom stereocenters. The van der Waals surface area contributed by atoms with Gasteiger partial charge >= 0.3 is 0 Å². The fraction of sp³-hybridized carbons (Fsp3) is 0.462. The van der Waals surface area contributed by atoms with E-state index in [0.717, 1.165) is 12.8 Å². The van der Waals surface area contributed by atoms with E-state index >= 15 is 0 Å². The molecule has 1 N–H and O–H groups in total. The summed E-state index contributed by atoms with van der Waals surface area (Å²) in [6.45, 7) is 5.89. The minimum absolute atomic E-state index is 0.0116. The van der Waals surface area contributed by atoms with Gasteiger partial charge in [-0.05, 0) is 39.7 Å². The Morgan fingerprint density at radius 2 is 1.87 bits per heavy atom. The van der Waals surface area contributed by atoms with Gasteiger partial charge in [-0.25, -0.2) is 0 Å². The number of nitrogens with one attached hydrogen (secondary N) is 1. The zero-order chi connectivity index (χ0) is 11.5. The monoisotopic (exact) mass is 207 g/mol. The van der Waals surface area contributed by atoms with Crippen molar-refractivity contribution in [2.75, 3.05) is 0 Å². The number of hydrogen-bond donors (Lipinski definition) is 1. The second-order valence-corrected chi connectivity index (χ2v) is 3.60. The molecule has 0 saturated heterocycles. The maximum absolute atomic E-state index is 11.2. The van der Waals surface area contributed by atoms with Crippen LogP contribution in [-0.2, 0) is 4.79 Å². The molecule has 0 aromatic carbocycles. The minimum atomic E-state index is -0.0116. The summed E-state index contributed by atoms with van der Waals surface area (Å²) < 4.78 is 0. The Labute approximate surface area is 92.8 Å². The number of hydrogen-bond acceptors (Lipinski definition) is 1. The highest BCUT2D eigenvalue weighted by Crippen LogP contribution is 1.93. The lowest BCUT2D eigenvalue weighted by Gasteiger charge is -2.03. The average Bonchev–Trinajstić information content (AvgIpc) is 2.15. The maximum Gasteiger partial charge on any atom is 0.243 e. The van der Waals surface area contributed by atoms with E-state index in [-0.39, 0.29) is 11.9 Å². The number of carbonyl (C=O) groups is 1. The summed E-state index contributed by atoms with van der Waals surface area (Å²) in [6, 6.07) is 0.205. The Bertz CT molecular complexity index is 249. The molecule has 15 heavy (non-hydrogen) atoms. The smallest absolute Gasteiger partial charge is 0.243 e. The van der Waals surface area contributed by atoms with Crippen LogP contribution in [0.2, 0.25) is 0 Å². The molecule has 0 saturated carbocycles. The van der Waals surface area contributed by atoms with E-state index in [1.165, 1.54) is 0 Å². The van der Waals surface area contributed by atoms with Crippen LogP contribution < -0.4 is 5.32 Å². The number of amides is 1. The van der Waals surface area contributed by atoms with Gasteiger partial charge in [0.05, 0.1) is 0 Å². The second kappa shape index (κ2) is 9.25. The third-order valence-corrected chi connectivity index (χ3v) is 1.64. The fourth-order valence-electron chi connectivity index (χ4n) is 1.00. The first-order valence-electron chi connectivity index (χ1n) is 5.41. The predicted molar refractivity (Wildman–Crippen MR) is 65.6 cm³/mol. The van der Waals surface area contributed by atoms with Gasteiger partial charge in [0.1, 0.15) is 0 Å². The number of unbranched alkanes of at least 4 members (excludes halogenated alkanes) is 1. The maximum atomic E-state index is 11.2. The molecule has 84 valence electrons. The van der Waals surface area contributed by atoms with Crippen molar-refractivity contribution in [3.8, 4) is 0 Å². The summed E-state index contributed by atoms with van der Waals surface area (Å²) in [5, 5.41) is 2.80. The topological polar surface area (TPSA) is 29.1 Å². The zero-order valence-electron chi connectivity index (χ0n) is 9.86. The van der Waals surface area contributed by atoms with Crippen LogP contribution in [0.1, 0.15) is 33.6 Å². The van der Waals surface area contributed by atoms with Crippen molar-refractivity contribution < 1.29 is 4.79 Å². The SMILES string of the molecule is C/C=C\C=C/CC/C=C/C(=O)NC(C)C. The molecule has 0 aliphatic rings. The Balaban J connectivity index is 3.58. The van der Waals surface area contributed by atoms with Gasteiger partial charge in [0.15, 0.2) is 0 Å². The lowest BCUT2D eigenvalue weighted by molar-refractivity contribution is -0.116. The molecule has 0 aliphatic carbocycles. The molecule has 1 amide bonds. The molecule has 0 rings (SSSR count). The molecule has 0 bridgehead atoms. The van der Waals surface area contributed by atoms with Crippen molar-refractivity contribution in [1.82, 2.24) is 5.32 Å². The molecule has 0 aliphatic heterocycles. The second-order valence-electron chi connectivity index (χ2n) is 3.60. The van der Waals surface area contributed by atoms with Crippen LogP contribution >= 0.6 is 0 Å². The summed E-state index contributed by atoms with van der Waals surface area (Å²) in [7, 11) is 0. The standard InChI is InChI=1S/C13H21NO/c1-4-5-6-7-8-9-10-11-13(15)14-12(2)3/h4-7,10-12H,8-9H2,1-3H3,(H,14,15)/b5-4-,7-6-,11-10+. The van der Waals surface area contributed by atoms with Crippen molar-refractivity contribution in [2.45, 2.75) is 39.7 Å². The molecule has 2 heteroatoms. The van der Waals surface area contributed by atoms with E-state index < -0.39 is 0 Å². The molecule has 2 nitrogen and oxygen atoms in total. The first-order valence-corrected chi connectivity index (χ1v) is 5.41. The van der Waals surface area contributed by atoms with Crippen LogP contribution in [0.15, 0.2) is 36.5 Å². The van der Waals surface area contributed by atoms with Crippen molar-refractivity contribution in [2.24, 2.45) is 0 Å². The van der Waals surface area contributed by atoms with Gasteiger partial charge in [0, 0.05) is 6.04 Å². The molecular weight excluding hydrogens is 186 g/mol. The van der Waals surface area contributed by atoms with Gasteiger partial charge in [-0.15, -0.1) is 0 Å². The lowest BCUT2D eigenvalue weighted by Crippen LogP contribution is -2.28. The largest absolute Gasteiger partial charge is 0.350 e. The summed E-state index contributed by atoms with van der Waals surface area (Å²) in [5.41, 5.74) is 0. The molecule has 0 heterocycles. The number of allylic oxidation sites excluding steroid dienone is 5. The van der Waals surface area contributed by atoms with Gasteiger partial charge in [0.2, 0.25) is 5.91 Å². The average molecular weight is 207 g/mol. The highest BCUT2D eigenvalue weighted by molar-refractivity contribution is 5.87. The summed E-state index contributed by atoms with van der Waals surface area (Å²) in [6.07, 6.45) is 13.5.